The molecule has 2 fully saturated rings. The number of hydrogen-bond donors (Lipinski definition) is 1. The number of hydrogen-bond acceptors (Lipinski definition) is 3. The van der Waals surface area contributed by atoms with E-state index in [9.17, 15) is 0 Å². The molecule has 3 heteroatoms. The van der Waals surface area contributed by atoms with Gasteiger partial charge >= 0.3 is 0 Å². The van der Waals surface area contributed by atoms with Gasteiger partial charge in [0, 0.05) is 12.6 Å². The van der Waals surface area contributed by atoms with E-state index in [1.165, 1.54) is 38.9 Å². The second-order valence-electron chi connectivity index (χ2n) is 4.58. The van der Waals surface area contributed by atoms with E-state index in [-0.39, 0.29) is 0 Å². The van der Waals surface area contributed by atoms with Gasteiger partial charge < -0.3 is 9.64 Å². The van der Waals surface area contributed by atoms with Crippen LogP contribution in [0.3, 0.4) is 0 Å². The molecule has 0 aromatic heterocycles. The Morgan fingerprint density at radius 3 is 2.71 bits per heavy atom. The molecule has 0 saturated carbocycles. The molecular weight excluding hydrogens is 176 g/mol. The predicted molar refractivity (Wildman–Crippen MR) is 57.2 cm³/mol. The average molecular weight is 198 g/mol. The van der Waals surface area contributed by atoms with Crippen molar-refractivity contribution in [2.45, 2.75) is 44.9 Å². The highest BCUT2D eigenvalue weighted by Gasteiger charge is 2.21. The molecule has 0 aromatic rings. The molecule has 0 amide bonds. The average Bonchev–Trinajstić information content (AvgIpc) is 2.63. The van der Waals surface area contributed by atoms with Crippen LogP contribution in [0.2, 0.25) is 0 Å². The van der Waals surface area contributed by atoms with Gasteiger partial charge in [-0.3, -0.25) is 5.32 Å². The molecule has 2 heterocycles. The van der Waals surface area contributed by atoms with Crippen LogP contribution in [0.15, 0.2) is 0 Å². The number of ether oxygens (including phenoxy) is 1. The van der Waals surface area contributed by atoms with Crippen molar-refractivity contribution < 1.29 is 4.74 Å². The van der Waals surface area contributed by atoms with Gasteiger partial charge in [0.2, 0.25) is 0 Å². The molecule has 2 atom stereocenters. The van der Waals surface area contributed by atoms with Crippen LogP contribution in [-0.4, -0.2) is 43.4 Å². The Hall–Kier alpha value is -0.120. The van der Waals surface area contributed by atoms with Crippen molar-refractivity contribution in [2.24, 2.45) is 0 Å². The van der Waals surface area contributed by atoms with E-state index in [4.69, 9.17) is 4.74 Å². The normalized spacial score (nSPS) is 34.9. The molecule has 2 rings (SSSR count). The van der Waals surface area contributed by atoms with Gasteiger partial charge in [-0.1, -0.05) is 6.42 Å². The molecule has 0 aliphatic carbocycles. The van der Waals surface area contributed by atoms with E-state index in [0.29, 0.717) is 12.3 Å². The summed E-state index contributed by atoms with van der Waals surface area (Å²) >= 11 is 0. The lowest BCUT2D eigenvalue weighted by Gasteiger charge is -2.27. The Morgan fingerprint density at radius 1 is 1.29 bits per heavy atom. The van der Waals surface area contributed by atoms with Gasteiger partial charge in [-0.25, -0.2) is 0 Å². The lowest BCUT2D eigenvalue weighted by atomic mass is 10.1. The Morgan fingerprint density at radius 2 is 2.07 bits per heavy atom. The van der Waals surface area contributed by atoms with Crippen molar-refractivity contribution in [3.63, 3.8) is 0 Å². The first kappa shape index (κ1) is 10.4. The van der Waals surface area contributed by atoms with Crippen LogP contribution < -0.4 is 5.32 Å². The highest BCUT2D eigenvalue weighted by atomic mass is 16.5. The number of rotatable bonds is 3. The summed E-state index contributed by atoms with van der Waals surface area (Å²) in [4.78, 5) is 2.57. The fourth-order valence-corrected chi connectivity index (χ4v) is 2.32. The first-order chi connectivity index (χ1) is 6.84. The lowest BCUT2D eigenvalue weighted by Crippen LogP contribution is -2.35. The third kappa shape index (κ3) is 2.94. The molecule has 2 saturated heterocycles. The van der Waals surface area contributed by atoms with Gasteiger partial charge in [-0.15, -0.1) is 0 Å². The third-order valence-electron chi connectivity index (χ3n) is 3.17. The summed E-state index contributed by atoms with van der Waals surface area (Å²) in [7, 11) is 0. The molecule has 2 unspecified atom stereocenters. The Kier molecular flexibility index (Phi) is 3.79. The van der Waals surface area contributed by atoms with E-state index >= 15 is 0 Å². The van der Waals surface area contributed by atoms with Crippen molar-refractivity contribution in [1.29, 1.82) is 0 Å². The minimum atomic E-state index is 0.312. The summed E-state index contributed by atoms with van der Waals surface area (Å²) in [6, 6.07) is 0.543. The molecule has 2 aliphatic rings. The van der Waals surface area contributed by atoms with Crippen molar-refractivity contribution >= 4 is 0 Å². The molecule has 2 aliphatic heterocycles. The predicted octanol–water partition coefficient (Wildman–Crippen LogP) is 1.20. The van der Waals surface area contributed by atoms with Crippen molar-refractivity contribution in [1.82, 2.24) is 10.2 Å². The summed E-state index contributed by atoms with van der Waals surface area (Å²) in [6.07, 6.45) is 5.65. The Bertz CT molecular complexity index is 164. The second-order valence-corrected chi connectivity index (χ2v) is 4.58. The molecule has 1 N–H and O–H groups in total. The van der Waals surface area contributed by atoms with Crippen LogP contribution in [0.25, 0.3) is 0 Å². The zero-order valence-electron chi connectivity index (χ0n) is 9.17. The number of nitrogens with zero attached hydrogens (tertiary/aromatic N) is 1. The fraction of sp³-hybridized carbons (Fsp3) is 1.00. The maximum Gasteiger partial charge on any atom is 0.109 e. The van der Waals surface area contributed by atoms with E-state index in [1.54, 1.807) is 0 Å². The largest absolute Gasteiger partial charge is 0.362 e. The number of likely N-dealkylation sites (tertiary alicyclic amines) is 1. The molecule has 0 spiro atoms. The van der Waals surface area contributed by atoms with Gasteiger partial charge in [0.05, 0.1) is 6.61 Å². The molecule has 0 radical (unpaired) electrons. The zero-order chi connectivity index (χ0) is 9.80. The summed E-state index contributed by atoms with van der Waals surface area (Å²) in [6.45, 7) is 6.85. The van der Waals surface area contributed by atoms with Crippen LogP contribution in [0.5, 0.6) is 0 Å². The van der Waals surface area contributed by atoms with E-state index in [0.717, 1.165) is 13.0 Å². The van der Waals surface area contributed by atoms with Gasteiger partial charge in [-0.05, 0) is 39.3 Å². The van der Waals surface area contributed by atoms with Crippen LogP contribution in [0, 0.1) is 0 Å². The highest BCUT2D eigenvalue weighted by Crippen LogP contribution is 2.11. The van der Waals surface area contributed by atoms with Gasteiger partial charge in [0.25, 0.3) is 0 Å². The topological polar surface area (TPSA) is 24.5 Å². The van der Waals surface area contributed by atoms with Gasteiger partial charge in [-0.2, -0.15) is 0 Å². The second kappa shape index (κ2) is 5.10. The van der Waals surface area contributed by atoms with E-state index < -0.39 is 0 Å². The standard InChI is InChI=1S/C11H22N2O/c1-10-9-14-11(12-10)5-8-13-6-3-2-4-7-13/h10-12H,2-9H2,1H3. The first-order valence-corrected chi connectivity index (χ1v) is 5.94. The van der Waals surface area contributed by atoms with Crippen molar-refractivity contribution in [2.75, 3.05) is 26.2 Å². The summed E-state index contributed by atoms with van der Waals surface area (Å²) in [5, 5.41) is 3.44. The molecular formula is C11H22N2O. The first-order valence-electron chi connectivity index (χ1n) is 5.94. The van der Waals surface area contributed by atoms with Gasteiger partial charge in [0.1, 0.15) is 6.23 Å². The quantitative estimate of drug-likeness (QED) is 0.737. The van der Waals surface area contributed by atoms with Crippen LogP contribution in [0.1, 0.15) is 32.6 Å². The van der Waals surface area contributed by atoms with Crippen molar-refractivity contribution in [3.8, 4) is 0 Å². The van der Waals surface area contributed by atoms with Crippen molar-refractivity contribution in [3.05, 3.63) is 0 Å². The maximum atomic E-state index is 5.62. The summed E-state index contributed by atoms with van der Waals surface area (Å²) in [5.41, 5.74) is 0. The Labute approximate surface area is 86.8 Å². The van der Waals surface area contributed by atoms with Gasteiger partial charge in [0.15, 0.2) is 0 Å². The molecule has 3 nitrogen and oxygen atoms in total. The van der Waals surface area contributed by atoms with Crippen LogP contribution >= 0.6 is 0 Å². The minimum Gasteiger partial charge on any atom is -0.362 e. The smallest absolute Gasteiger partial charge is 0.109 e. The fourth-order valence-electron chi connectivity index (χ4n) is 2.32. The molecule has 0 aromatic carbocycles. The van der Waals surface area contributed by atoms with E-state index in [2.05, 4.69) is 17.1 Å². The minimum absolute atomic E-state index is 0.312. The van der Waals surface area contributed by atoms with E-state index in [1.807, 2.05) is 0 Å². The highest BCUT2D eigenvalue weighted by molar-refractivity contribution is 4.73. The van der Waals surface area contributed by atoms with Crippen LogP contribution in [0.4, 0.5) is 0 Å². The third-order valence-corrected chi connectivity index (χ3v) is 3.17. The number of nitrogens with one attached hydrogen (secondary N) is 1. The zero-order valence-corrected chi connectivity index (χ0v) is 9.17. The number of piperidine rings is 1. The molecule has 14 heavy (non-hydrogen) atoms. The summed E-state index contributed by atoms with van der Waals surface area (Å²) in [5.74, 6) is 0. The Balaban J connectivity index is 1.61. The monoisotopic (exact) mass is 198 g/mol. The molecule has 82 valence electrons. The lowest BCUT2D eigenvalue weighted by molar-refractivity contribution is 0.0791. The SMILES string of the molecule is CC1COC(CCN2CCCCC2)N1. The maximum absolute atomic E-state index is 5.62. The van der Waals surface area contributed by atoms with Crippen LogP contribution in [-0.2, 0) is 4.74 Å². The summed E-state index contributed by atoms with van der Waals surface area (Å²) < 4.78 is 5.62. The molecule has 0 bridgehead atoms.